The molecule has 0 aliphatic carbocycles. The van der Waals surface area contributed by atoms with Crippen LogP contribution in [0.1, 0.15) is 18.7 Å². The zero-order chi connectivity index (χ0) is 16.6. The van der Waals surface area contributed by atoms with Crippen LogP contribution in [0, 0.1) is 0 Å². The molecule has 0 radical (unpaired) electrons. The van der Waals surface area contributed by atoms with Crippen molar-refractivity contribution in [3.05, 3.63) is 48.3 Å². The van der Waals surface area contributed by atoms with Crippen LogP contribution in [0.4, 0.5) is 10.5 Å². The number of rotatable bonds is 2. The number of nitrogens with one attached hydrogen (secondary N) is 1. The third-order valence-corrected chi connectivity index (χ3v) is 4.97. The molecule has 3 N–H and O–H groups in total. The lowest BCUT2D eigenvalue weighted by Gasteiger charge is -2.34. The van der Waals surface area contributed by atoms with Gasteiger partial charge in [0.2, 0.25) is 10.0 Å². The molecule has 1 aromatic heterocycles. The topological polar surface area (TPSA) is 97.4 Å². The van der Waals surface area contributed by atoms with E-state index in [1.54, 1.807) is 4.90 Å². The van der Waals surface area contributed by atoms with Crippen LogP contribution in [0.5, 0.6) is 0 Å². The Kier molecular flexibility index (Phi) is 3.87. The van der Waals surface area contributed by atoms with E-state index in [-0.39, 0.29) is 17.0 Å². The number of nitrogens with zero attached hydrogens (tertiary/aromatic N) is 2. The molecule has 1 atom stereocenters. The number of fused-ring (bicyclic) bond motifs is 1. The lowest BCUT2D eigenvalue weighted by atomic mass is 10.1. The van der Waals surface area contributed by atoms with Gasteiger partial charge in [0.1, 0.15) is 0 Å². The number of primary sulfonamides is 1. The summed E-state index contributed by atoms with van der Waals surface area (Å²) in [4.78, 5) is 14.2. The van der Waals surface area contributed by atoms with Gasteiger partial charge in [0.25, 0.3) is 0 Å². The molecule has 1 aliphatic rings. The summed E-state index contributed by atoms with van der Waals surface area (Å²) in [7, 11) is -3.73. The van der Waals surface area contributed by atoms with Crippen molar-refractivity contribution in [1.29, 1.82) is 0 Å². The molecule has 2 aromatic rings. The fraction of sp³-hybridized carbons (Fsp3) is 0.267. The van der Waals surface area contributed by atoms with Crippen molar-refractivity contribution in [2.24, 2.45) is 5.14 Å². The average molecular weight is 334 g/mol. The molecule has 1 aliphatic heterocycles. The second kappa shape index (κ2) is 5.71. The standard InChI is InChI=1S/C15H18N4O3S/c1-11-14-3-2-8-18(14)9-10-19(11)15(20)17-12-4-6-13(7-5-12)23(16,21)22/h2-8,11H,9-10H2,1H3,(H,17,20)(H2,16,21,22)/t11-/m1/s1. The van der Waals surface area contributed by atoms with Crippen molar-refractivity contribution in [3.8, 4) is 0 Å². The summed E-state index contributed by atoms with van der Waals surface area (Å²) in [6, 6.07) is 9.52. The molecular weight excluding hydrogens is 316 g/mol. The van der Waals surface area contributed by atoms with E-state index in [1.165, 1.54) is 24.3 Å². The number of aromatic nitrogens is 1. The van der Waals surface area contributed by atoms with Gasteiger partial charge in [0.05, 0.1) is 10.9 Å². The van der Waals surface area contributed by atoms with Gasteiger partial charge in [0, 0.05) is 30.7 Å². The summed E-state index contributed by atoms with van der Waals surface area (Å²) in [6.07, 6.45) is 2.01. The number of hydrogen-bond donors (Lipinski definition) is 2. The van der Waals surface area contributed by atoms with E-state index < -0.39 is 10.0 Å². The van der Waals surface area contributed by atoms with E-state index in [1.807, 2.05) is 25.3 Å². The number of anilines is 1. The number of benzene rings is 1. The van der Waals surface area contributed by atoms with E-state index in [9.17, 15) is 13.2 Å². The third-order valence-electron chi connectivity index (χ3n) is 4.04. The Hall–Kier alpha value is -2.32. The van der Waals surface area contributed by atoms with Gasteiger partial charge < -0.3 is 14.8 Å². The van der Waals surface area contributed by atoms with E-state index in [0.29, 0.717) is 12.2 Å². The summed E-state index contributed by atoms with van der Waals surface area (Å²) in [5.41, 5.74) is 1.62. The smallest absolute Gasteiger partial charge is 0.322 e. The molecule has 0 saturated heterocycles. The normalized spacial score (nSPS) is 17.7. The molecule has 0 spiro atoms. The predicted octanol–water partition coefficient (Wildman–Crippen LogP) is 1.74. The highest BCUT2D eigenvalue weighted by Crippen LogP contribution is 2.26. The van der Waals surface area contributed by atoms with Gasteiger partial charge in [-0.2, -0.15) is 0 Å². The summed E-state index contributed by atoms with van der Waals surface area (Å²) in [6.45, 7) is 3.35. The second-order valence-corrected chi connectivity index (χ2v) is 7.06. The van der Waals surface area contributed by atoms with Crippen LogP contribution in [0.25, 0.3) is 0 Å². The van der Waals surface area contributed by atoms with Gasteiger partial charge in [-0.25, -0.2) is 18.4 Å². The lowest BCUT2D eigenvalue weighted by Crippen LogP contribution is -2.42. The first-order chi connectivity index (χ1) is 10.9. The largest absolute Gasteiger partial charge is 0.348 e. The van der Waals surface area contributed by atoms with Crippen molar-refractivity contribution in [1.82, 2.24) is 9.47 Å². The van der Waals surface area contributed by atoms with Gasteiger partial charge in [-0.1, -0.05) is 0 Å². The highest BCUT2D eigenvalue weighted by atomic mass is 32.2. The molecule has 2 amide bonds. The molecule has 7 nitrogen and oxygen atoms in total. The quantitative estimate of drug-likeness (QED) is 0.875. The van der Waals surface area contributed by atoms with Crippen LogP contribution in [0.15, 0.2) is 47.5 Å². The Balaban J connectivity index is 1.73. The average Bonchev–Trinajstić information content (AvgIpc) is 2.96. The number of amides is 2. The minimum atomic E-state index is -3.73. The van der Waals surface area contributed by atoms with Crippen LogP contribution in [0.3, 0.4) is 0 Å². The first-order valence-corrected chi connectivity index (χ1v) is 8.76. The number of sulfonamides is 1. The Morgan fingerprint density at radius 2 is 1.91 bits per heavy atom. The monoisotopic (exact) mass is 334 g/mol. The van der Waals surface area contributed by atoms with Crippen LogP contribution >= 0.6 is 0 Å². The Bertz CT molecular complexity index is 827. The minimum absolute atomic E-state index is 0.0136. The molecule has 3 rings (SSSR count). The first-order valence-electron chi connectivity index (χ1n) is 7.22. The van der Waals surface area contributed by atoms with E-state index >= 15 is 0 Å². The van der Waals surface area contributed by atoms with Gasteiger partial charge >= 0.3 is 6.03 Å². The van der Waals surface area contributed by atoms with Gasteiger partial charge in [-0.05, 0) is 43.3 Å². The molecule has 1 aromatic carbocycles. The Morgan fingerprint density at radius 3 is 2.57 bits per heavy atom. The van der Waals surface area contributed by atoms with E-state index in [0.717, 1.165) is 12.2 Å². The van der Waals surface area contributed by atoms with Crippen molar-refractivity contribution in [2.75, 3.05) is 11.9 Å². The number of nitrogens with two attached hydrogens (primary N) is 1. The zero-order valence-corrected chi connectivity index (χ0v) is 13.5. The SMILES string of the molecule is C[C@@H]1c2cccn2CCN1C(=O)Nc1ccc(S(N)(=O)=O)cc1. The van der Waals surface area contributed by atoms with E-state index in [2.05, 4.69) is 9.88 Å². The van der Waals surface area contributed by atoms with Gasteiger partial charge in [0.15, 0.2) is 0 Å². The fourth-order valence-electron chi connectivity index (χ4n) is 2.78. The molecule has 8 heteroatoms. The maximum atomic E-state index is 12.5. The van der Waals surface area contributed by atoms with Crippen LogP contribution in [-0.4, -0.2) is 30.5 Å². The molecule has 0 saturated carbocycles. The highest BCUT2D eigenvalue weighted by molar-refractivity contribution is 7.89. The molecule has 2 heterocycles. The number of hydrogen-bond acceptors (Lipinski definition) is 3. The van der Waals surface area contributed by atoms with Crippen LogP contribution < -0.4 is 10.5 Å². The molecule has 23 heavy (non-hydrogen) atoms. The number of urea groups is 1. The van der Waals surface area contributed by atoms with Gasteiger partial charge in [-0.15, -0.1) is 0 Å². The second-order valence-electron chi connectivity index (χ2n) is 5.50. The molecular formula is C15H18N4O3S. The van der Waals surface area contributed by atoms with Gasteiger partial charge in [-0.3, -0.25) is 0 Å². The molecule has 122 valence electrons. The highest BCUT2D eigenvalue weighted by Gasteiger charge is 2.27. The first kappa shape index (κ1) is 15.6. The van der Waals surface area contributed by atoms with Crippen molar-refractivity contribution in [3.63, 3.8) is 0 Å². The number of carbonyl (C=O) groups excluding carboxylic acids is 1. The maximum Gasteiger partial charge on any atom is 0.322 e. The van der Waals surface area contributed by atoms with E-state index in [4.69, 9.17) is 5.14 Å². The van der Waals surface area contributed by atoms with Crippen molar-refractivity contribution < 1.29 is 13.2 Å². The maximum absolute atomic E-state index is 12.5. The van der Waals surface area contributed by atoms with Crippen molar-refractivity contribution >= 4 is 21.7 Å². The minimum Gasteiger partial charge on any atom is -0.348 e. The fourth-order valence-corrected chi connectivity index (χ4v) is 3.30. The number of carbonyl (C=O) groups is 1. The summed E-state index contributed by atoms with van der Waals surface area (Å²) in [5, 5.41) is 7.84. The Morgan fingerprint density at radius 1 is 1.22 bits per heavy atom. The Labute approximate surface area is 134 Å². The third kappa shape index (κ3) is 3.08. The lowest BCUT2D eigenvalue weighted by molar-refractivity contribution is 0.175. The molecule has 0 fully saturated rings. The van der Waals surface area contributed by atoms with Crippen molar-refractivity contribution in [2.45, 2.75) is 24.4 Å². The van der Waals surface area contributed by atoms with Crippen LogP contribution in [-0.2, 0) is 16.6 Å². The molecule has 0 bridgehead atoms. The summed E-state index contributed by atoms with van der Waals surface area (Å²) in [5.74, 6) is 0. The zero-order valence-electron chi connectivity index (χ0n) is 12.6. The predicted molar refractivity (Wildman–Crippen MR) is 86.4 cm³/mol. The molecule has 0 unspecified atom stereocenters. The summed E-state index contributed by atoms with van der Waals surface area (Å²) >= 11 is 0. The van der Waals surface area contributed by atoms with Crippen LogP contribution in [0.2, 0.25) is 0 Å². The summed E-state index contributed by atoms with van der Waals surface area (Å²) < 4.78 is 24.6.